The fraction of sp³-hybridized carbons (Fsp3) is 0.208. The Kier molecular flexibility index (Phi) is 9.13. The van der Waals surface area contributed by atoms with Crippen LogP contribution in [0.25, 0.3) is 0 Å². The molecule has 0 saturated heterocycles. The summed E-state index contributed by atoms with van der Waals surface area (Å²) in [5, 5.41) is 11.8. The van der Waals surface area contributed by atoms with Gasteiger partial charge in [-0.3, -0.25) is 0 Å². The number of pyridine rings is 1. The van der Waals surface area contributed by atoms with Crippen LogP contribution in [0.3, 0.4) is 0 Å². The highest BCUT2D eigenvalue weighted by atomic mass is 127. The van der Waals surface area contributed by atoms with Gasteiger partial charge < -0.3 is 15.2 Å². The first kappa shape index (κ1) is 30.9. The molecule has 0 saturated carbocycles. The molecule has 1 aromatic heterocycles. The minimum atomic E-state index is -4.72. The van der Waals surface area contributed by atoms with Gasteiger partial charge in [0, 0.05) is 16.2 Å². The number of carbonyl (C=O) groups is 2. The Morgan fingerprint density at radius 3 is 2.30 bits per heavy atom. The van der Waals surface area contributed by atoms with Crippen LogP contribution in [-0.2, 0) is 21.4 Å². The molecule has 0 fully saturated rings. The van der Waals surface area contributed by atoms with E-state index in [4.69, 9.17) is 4.74 Å². The van der Waals surface area contributed by atoms with Crippen molar-refractivity contribution in [3.63, 3.8) is 0 Å². The molecule has 40 heavy (non-hydrogen) atoms. The van der Waals surface area contributed by atoms with E-state index in [1.165, 1.54) is 37.6 Å². The van der Waals surface area contributed by atoms with E-state index < -0.39 is 85.8 Å². The smallest absolute Gasteiger partial charge is 0.422 e. The van der Waals surface area contributed by atoms with Crippen LogP contribution in [-0.4, -0.2) is 36.2 Å². The zero-order valence-electron chi connectivity index (χ0n) is 20.9. The van der Waals surface area contributed by atoms with Gasteiger partial charge in [0.05, 0.1) is 16.9 Å². The van der Waals surface area contributed by atoms with Crippen LogP contribution >= 0.6 is 22.6 Å². The summed E-state index contributed by atoms with van der Waals surface area (Å²) in [4.78, 5) is 27.2. The summed E-state index contributed by atoms with van der Waals surface area (Å²) >= 11 is 1.83. The molecule has 3 rings (SSSR count). The number of hydrogen-bond acceptors (Lipinski definition) is 7. The van der Waals surface area contributed by atoms with E-state index in [0.717, 1.165) is 24.4 Å². The first-order valence-corrected chi connectivity index (χ1v) is 13.7. The number of amides is 1. The number of hydrogen-bond donors (Lipinski definition) is 4. The molecule has 0 radical (unpaired) electrons. The van der Waals surface area contributed by atoms with Gasteiger partial charge in [-0.25, -0.2) is 41.6 Å². The number of carboxylic acids is 1. The maximum Gasteiger partial charge on any atom is 0.422 e. The molecule has 0 aliphatic carbocycles. The number of ether oxygens (including phenoxy) is 1. The number of aromatic nitrogens is 1. The van der Waals surface area contributed by atoms with E-state index in [9.17, 15) is 27.5 Å². The second-order valence-electron chi connectivity index (χ2n) is 9.16. The summed E-state index contributed by atoms with van der Waals surface area (Å²) in [6.45, 7) is 4.45. The van der Waals surface area contributed by atoms with Gasteiger partial charge in [0.2, 0.25) is 0 Å². The number of carbonyl (C=O) groups excluding carboxylic acids is 1. The largest absolute Gasteiger partial charge is 0.478 e. The van der Waals surface area contributed by atoms with Gasteiger partial charge in [-0.15, -0.1) is 0 Å². The average Bonchev–Trinajstić information content (AvgIpc) is 2.80. The summed E-state index contributed by atoms with van der Waals surface area (Å²) in [6.07, 6.45) is -1.14. The lowest BCUT2D eigenvalue weighted by atomic mass is 10.00. The van der Waals surface area contributed by atoms with Gasteiger partial charge in [-0.2, -0.15) is 8.42 Å². The van der Waals surface area contributed by atoms with Crippen molar-refractivity contribution >= 4 is 62.1 Å². The van der Waals surface area contributed by atoms with Crippen LogP contribution in [0.15, 0.2) is 36.5 Å². The molecule has 0 atom stereocenters. The third kappa shape index (κ3) is 7.71. The topological polar surface area (TPSA) is 147 Å². The lowest BCUT2D eigenvalue weighted by molar-refractivity contribution is 0.0569. The standard InChI is InChI=1S/C24H21F4IN4O6S/c1-24(2,3)39-23(36)33-40(37,38)32-21-18(27)11(6-7-30-21)8-12-9-14(22(34)35)20(19(28)17(12)26)31-16-5-4-13(29)10-15(16)25/h4-7,9-10,31H,8H2,1-3H3,(H,30,32)(H,33,36)(H,34,35). The number of rotatable bonds is 8. The lowest BCUT2D eigenvalue weighted by Crippen LogP contribution is -2.39. The Labute approximate surface area is 239 Å². The lowest BCUT2D eigenvalue weighted by Gasteiger charge is -2.19. The number of nitrogens with zero attached hydrogens (tertiary/aromatic N) is 1. The van der Waals surface area contributed by atoms with Gasteiger partial charge in [0.15, 0.2) is 23.3 Å². The Hall–Kier alpha value is -3.67. The molecule has 2 aromatic carbocycles. The van der Waals surface area contributed by atoms with Crippen LogP contribution in [0, 0.1) is 26.8 Å². The molecule has 0 aliphatic rings. The van der Waals surface area contributed by atoms with Crippen molar-refractivity contribution in [3.05, 3.63) is 80.1 Å². The van der Waals surface area contributed by atoms with Gasteiger partial charge in [0.1, 0.15) is 11.4 Å². The molecule has 3 aromatic rings. The van der Waals surface area contributed by atoms with Crippen LogP contribution in [0.1, 0.15) is 42.3 Å². The SMILES string of the molecule is CC(C)(C)OC(=O)NS(=O)(=O)Nc1nccc(Cc2cc(C(=O)O)c(Nc3ccc(I)cc3F)c(F)c2F)c1F. The summed E-state index contributed by atoms with van der Waals surface area (Å²) in [5.74, 6) is -7.95. The molecule has 16 heteroatoms. The molecule has 0 bridgehead atoms. The number of nitrogens with one attached hydrogen (secondary N) is 3. The molecule has 10 nitrogen and oxygen atoms in total. The second-order valence-corrected chi connectivity index (χ2v) is 11.8. The minimum Gasteiger partial charge on any atom is -0.478 e. The Balaban J connectivity index is 1.93. The zero-order valence-corrected chi connectivity index (χ0v) is 23.9. The second kappa shape index (κ2) is 11.8. The number of aromatic carboxylic acids is 1. The third-order valence-corrected chi connectivity index (χ3v) is 6.47. The maximum absolute atomic E-state index is 15.1. The number of benzene rings is 2. The minimum absolute atomic E-state index is 0.314. The number of carboxylic acid groups (broad SMARTS) is 1. The van der Waals surface area contributed by atoms with E-state index in [0.29, 0.717) is 3.57 Å². The van der Waals surface area contributed by atoms with Crippen molar-refractivity contribution in [2.45, 2.75) is 32.8 Å². The molecular formula is C24H21F4IN4O6S. The first-order chi connectivity index (χ1) is 18.5. The molecular weight excluding hydrogens is 675 g/mol. The van der Waals surface area contributed by atoms with E-state index >= 15 is 13.2 Å². The Morgan fingerprint density at radius 1 is 1.02 bits per heavy atom. The van der Waals surface area contributed by atoms with Crippen LogP contribution in [0.4, 0.5) is 39.5 Å². The third-order valence-electron chi connectivity index (χ3n) is 4.90. The highest BCUT2D eigenvalue weighted by molar-refractivity contribution is 14.1. The fourth-order valence-corrected chi connectivity index (χ4v) is 4.44. The van der Waals surface area contributed by atoms with E-state index in [2.05, 4.69) is 10.3 Å². The van der Waals surface area contributed by atoms with Crippen molar-refractivity contribution < 1.29 is 45.4 Å². The summed E-state index contributed by atoms with van der Waals surface area (Å²) in [5.41, 5.74) is -3.98. The molecule has 1 amide bonds. The highest BCUT2D eigenvalue weighted by Gasteiger charge is 2.26. The van der Waals surface area contributed by atoms with Gasteiger partial charge in [-0.05, 0) is 84.8 Å². The fourth-order valence-electron chi connectivity index (χ4n) is 3.28. The molecule has 4 N–H and O–H groups in total. The van der Waals surface area contributed by atoms with Crippen LogP contribution in [0.5, 0.6) is 0 Å². The molecule has 1 heterocycles. The van der Waals surface area contributed by atoms with Crippen molar-refractivity contribution in [2.24, 2.45) is 0 Å². The van der Waals surface area contributed by atoms with Crippen molar-refractivity contribution in [3.8, 4) is 0 Å². The zero-order chi connectivity index (χ0) is 30.0. The molecule has 0 unspecified atom stereocenters. The first-order valence-electron chi connectivity index (χ1n) is 11.1. The monoisotopic (exact) mass is 696 g/mol. The summed E-state index contributed by atoms with van der Waals surface area (Å²) in [6, 6.07) is 5.52. The van der Waals surface area contributed by atoms with Crippen molar-refractivity contribution in [2.75, 3.05) is 10.0 Å². The summed E-state index contributed by atoms with van der Waals surface area (Å²) < 4.78 is 92.4. The van der Waals surface area contributed by atoms with E-state index in [1.54, 1.807) is 4.72 Å². The van der Waals surface area contributed by atoms with Crippen LogP contribution in [0.2, 0.25) is 0 Å². The summed E-state index contributed by atoms with van der Waals surface area (Å²) in [7, 11) is -4.72. The molecule has 214 valence electrons. The predicted octanol–water partition coefficient (Wildman–Crippen LogP) is 5.46. The van der Waals surface area contributed by atoms with Crippen molar-refractivity contribution in [1.29, 1.82) is 0 Å². The average molecular weight is 696 g/mol. The highest BCUT2D eigenvalue weighted by Crippen LogP contribution is 2.32. The quantitative estimate of drug-likeness (QED) is 0.180. The van der Waals surface area contributed by atoms with E-state index in [-0.39, 0.29) is 5.69 Å². The van der Waals surface area contributed by atoms with Gasteiger partial charge in [0.25, 0.3) is 0 Å². The number of anilines is 3. The van der Waals surface area contributed by atoms with Crippen molar-refractivity contribution in [1.82, 2.24) is 9.71 Å². The Bertz CT molecular complexity index is 1600. The normalized spacial score (nSPS) is 11.6. The number of halogens is 5. The van der Waals surface area contributed by atoms with Crippen LogP contribution < -0.4 is 14.8 Å². The molecule has 0 aliphatic heterocycles. The predicted molar refractivity (Wildman–Crippen MR) is 145 cm³/mol. The van der Waals surface area contributed by atoms with E-state index in [1.807, 2.05) is 22.6 Å². The maximum atomic E-state index is 15.1. The van der Waals surface area contributed by atoms with Gasteiger partial charge >= 0.3 is 22.3 Å². The molecule has 0 spiro atoms. The van der Waals surface area contributed by atoms with Gasteiger partial charge in [-0.1, -0.05) is 0 Å². The Morgan fingerprint density at radius 2 is 1.70 bits per heavy atom.